The standard InChI is InChI=1S/C22H32O6/c1-13(2)6-8-17-21(4,28-17)20-19(24-5)16(10-11-22(20)12-25-22)27-18(23)9-7-15-14(3)26-15/h6-7,9,14-17,19-20H,8,10-12H2,1-5H3/b9-7+/t14-,15+,16?,17+,19+,20+,21-,22-/m0/s1. The zero-order valence-corrected chi connectivity index (χ0v) is 17.5. The minimum Gasteiger partial charge on any atom is -0.456 e. The molecule has 0 N–H and O–H groups in total. The monoisotopic (exact) mass is 392 g/mol. The molecule has 0 bridgehead atoms. The lowest BCUT2D eigenvalue weighted by atomic mass is 9.68. The molecule has 156 valence electrons. The van der Waals surface area contributed by atoms with Crippen molar-refractivity contribution in [2.45, 2.75) is 88.7 Å². The SMILES string of the molecule is CO[C@@H]1C(OC(=O)/C=C/[C@H]2O[C@H]2C)CC[C@]2(CO2)[C@H]1[C@@]1(C)O[C@@H]1CC=C(C)C. The van der Waals surface area contributed by atoms with Crippen molar-refractivity contribution in [1.29, 1.82) is 0 Å². The van der Waals surface area contributed by atoms with Crippen molar-refractivity contribution in [3.63, 3.8) is 0 Å². The van der Waals surface area contributed by atoms with E-state index in [0.717, 1.165) is 25.9 Å². The lowest BCUT2D eigenvalue weighted by molar-refractivity contribution is -0.166. The molecule has 4 rings (SSSR count). The average Bonchev–Trinajstić information content (AvgIpc) is 3.57. The first-order valence-electron chi connectivity index (χ1n) is 10.3. The summed E-state index contributed by atoms with van der Waals surface area (Å²) in [7, 11) is 1.69. The number of methoxy groups -OCH3 is 1. The molecule has 8 atom stereocenters. The van der Waals surface area contributed by atoms with Crippen molar-refractivity contribution in [2.24, 2.45) is 5.92 Å². The van der Waals surface area contributed by atoms with Crippen LogP contribution >= 0.6 is 0 Å². The van der Waals surface area contributed by atoms with E-state index in [1.165, 1.54) is 11.6 Å². The van der Waals surface area contributed by atoms with Crippen LogP contribution in [0.15, 0.2) is 23.8 Å². The van der Waals surface area contributed by atoms with Gasteiger partial charge in [-0.25, -0.2) is 4.79 Å². The predicted octanol–water partition coefficient (Wildman–Crippen LogP) is 2.95. The van der Waals surface area contributed by atoms with Crippen LogP contribution in [0.25, 0.3) is 0 Å². The quantitative estimate of drug-likeness (QED) is 0.287. The van der Waals surface area contributed by atoms with E-state index in [-0.39, 0.29) is 53.6 Å². The van der Waals surface area contributed by atoms with Gasteiger partial charge in [-0.05, 0) is 53.0 Å². The average molecular weight is 392 g/mol. The summed E-state index contributed by atoms with van der Waals surface area (Å²) in [6.45, 7) is 9.04. The Bertz CT molecular complexity index is 677. The number of allylic oxidation sites excluding steroid dienone is 1. The molecule has 6 heteroatoms. The normalized spacial score (nSPS) is 46.5. The molecular formula is C22H32O6. The smallest absolute Gasteiger partial charge is 0.330 e. The molecular weight excluding hydrogens is 360 g/mol. The summed E-state index contributed by atoms with van der Waals surface area (Å²) in [4.78, 5) is 12.3. The Morgan fingerprint density at radius 2 is 2.04 bits per heavy atom. The highest BCUT2D eigenvalue weighted by Crippen LogP contribution is 2.59. The largest absolute Gasteiger partial charge is 0.456 e. The molecule has 1 unspecified atom stereocenters. The fourth-order valence-corrected chi connectivity index (χ4v) is 4.84. The first-order valence-corrected chi connectivity index (χ1v) is 10.3. The van der Waals surface area contributed by atoms with Gasteiger partial charge in [-0.15, -0.1) is 0 Å². The summed E-state index contributed by atoms with van der Waals surface area (Å²) in [6, 6.07) is 0. The third-order valence-electron chi connectivity index (χ3n) is 6.68. The molecule has 6 nitrogen and oxygen atoms in total. The molecule has 1 spiro atoms. The molecule has 0 amide bonds. The molecule has 3 aliphatic heterocycles. The molecule has 28 heavy (non-hydrogen) atoms. The van der Waals surface area contributed by atoms with Crippen LogP contribution in [0.5, 0.6) is 0 Å². The first-order chi connectivity index (χ1) is 13.3. The summed E-state index contributed by atoms with van der Waals surface area (Å²) in [5.74, 6) is -0.299. The van der Waals surface area contributed by atoms with E-state index < -0.39 is 0 Å². The van der Waals surface area contributed by atoms with Gasteiger partial charge < -0.3 is 23.7 Å². The summed E-state index contributed by atoms with van der Waals surface area (Å²) in [5, 5.41) is 0. The summed E-state index contributed by atoms with van der Waals surface area (Å²) in [6.07, 6.45) is 7.75. The van der Waals surface area contributed by atoms with E-state index in [2.05, 4.69) is 26.8 Å². The van der Waals surface area contributed by atoms with Gasteiger partial charge in [-0.2, -0.15) is 0 Å². The van der Waals surface area contributed by atoms with E-state index in [9.17, 15) is 4.79 Å². The Kier molecular flexibility index (Phi) is 5.19. The Labute approximate surface area is 167 Å². The van der Waals surface area contributed by atoms with Crippen molar-refractivity contribution < 1.29 is 28.5 Å². The highest BCUT2D eigenvalue weighted by atomic mass is 16.6. The molecule has 3 saturated heterocycles. The molecule has 1 aliphatic carbocycles. The number of epoxide rings is 3. The van der Waals surface area contributed by atoms with E-state index in [1.54, 1.807) is 13.2 Å². The summed E-state index contributed by atoms with van der Waals surface area (Å²) in [5.41, 5.74) is 0.765. The maximum Gasteiger partial charge on any atom is 0.330 e. The lowest BCUT2D eigenvalue weighted by Gasteiger charge is -2.42. The summed E-state index contributed by atoms with van der Waals surface area (Å²) < 4.78 is 29.1. The minimum atomic E-state index is -0.343. The Morgan fingerprint density at radius 3 is 2.61 bits per heavy atom. The molecule has 0 aromatic carbocycles. The lowest BCUT2D eigenvalue weighted by Crippen LogP contribution is -2.55. The van der Waals surface area contributed by atoms with Gasteiger partial charge >= 0.3 is 5.97 Å². The van der Waals surface area contributed by atoms with E-state index in [0.29, 0.717) is 0 Å². The van der Waals surface area contributed by atoms with Crippen molar-refractivity contribution >= 4 is 5.97 Å². The molecule has 4 fully saturated rings. The van der Waals surface area contributed by atoms with Crippen LogP contribution in [0.1, 0.15) is 47.0 Å². The zero-order chi connectivity index (χ0) is 20.1. The Morgan fingerprint density at radius 1 is 1.32 bits per heavy atom. The fourth-order valence-electron chi connectivity index (χ4n) is 4.84. The van der Waals surface area contributed by atoms with Gasteiger partial charge in [0.1, 0.15) is 29.5 Å². The third kappa shape index (κ3) is 3.80. The van der Waals surface area contributed by atoms with Crippen LogP contribution in [0.2, 0.25) is 0 Å². The van der Waals surface area contributed by atoms with E-state index >= 15 is 0 Å². The number of rotatable bonds is 7. The summed E-state index contributed by atoms with van der Waals surface area (Å²) >= 11 is 0. The topological polar surface area (TPSA) is 73.1 Å². The molecule has 0 aromatic rings. The molecule has 1 saturated carbocycles. The van der Waals surface area contributed by atoms with Crippen molar-refractivity contribution in [2.75, 3.05) is 13.7 Å². The number of carbonyl (C=O) groups is 1. The van der Waals surface area contributed by atoms with Crippen LogP contribution in [0.3, 0.4) is 0 Å². The second-order valence-electron chi connectivity index (χ2n) is 9.02. The van der Waals surface area contributed by atoms with Crippen LogP contribution < -0.4 is 0 Å². The number of carbonyl (C=O) groups excluding carboxylic acids is 1. The highest BCUT2D eigenvalue weighted by molar-refractivity contribution is 5.82. The predicted molar refractivity (Wildman–Crippen MR) is 103 cm³/mol. The molecule has 3 heterocycles. The third-order valence-corrected chi connectivity index (χ3v) is 6.68. The van der Waals surface area contributed by atoms with Crippen LogP contribution in [-0.2, 0) is 28.5 Å². The van der Waals surface area contributed by atoms with Gasteiger partial charge in [-0.3, -0.25) is 0 Å². The van der Waals surface area contributed by atoms with Crippen molar-refractivity contribution in [3.05, 3.63) is 23.8 Å². The number of esters is 1. The first kappa shape index (κ1) is 20.1. The van der Waals surface area contributed by atoms with E-state index in [4.69, 9.17) is 23.7 Å². The molecule has 0 aromatic heterocycles. The Hall–Kier alpha value is -1.21. The number of ether oxygens (including phenoxy) is 5. The molecule has 0 radical (unpaired) electrons. The van der Waals surface area contributed by atoms with Crippen LogP contribution in [-0.4, -0.2) is 61.4 Å². The zero-order valence-electron chi connectivity index (χ0n) is 17.5. The van der Waals surface area contributed by atoms with Gasteiger partial charge in [0.2, 0.25) is 0 Å². The highest BCUT2D eigenvalue weighted by Gasteiger charge is 2.72. The maximum absolute atomic E-state index is 12.3. The van der Waals surface area contributed by atoms with Gasteiger partial charge in [0.25, 0.3) is 0 Å². The number of hydrogen-bond donors (Lipinski definition) is 0. The van der Waals surface area contributed by atoms with Crippen molar-refractivity contribution in [3.8, 4) is 0 Å². The van der Waals surface area contributed by atoms with Gasteiger partial charge in [0.15, 0.2) is 0 Å². The minimum absolute atomic E-state index is 0.0302. The van der Waals surface area contributed by atoms with Gasteiger partial charge in [0.05, 0.1) is 24.7 Å². The fraction of sp³-hybridized carbons (Fsp3) is 0.773. The number of hydrogen-bond acceptors (Lipinski definition) is 6. The van der Waals surface area contributed by atoms with E-state index in [1.807, 2.05) is 6.92 Å². The van der Waals surface area contributed by atoms with Gasteiger partial charge in [0, 0.05) is 13.2 Å². The van der Waals surface area contributed by atoms with Crippen LogP contribution in [0.4, 0.5) is 0 Å². The molecule has 4 aliphatic rings. The maximum atomic E-state index is 12.3. The van der Waals surface area contributed by atoms with Crippen LogP contribution in [0, 0.1) is 5.92 Å². The second-order valence-corrected chi connectivity index (χ2v) is 9.02. The van der Waals surface area contributed by atoms with Gasteiger partial charge in [-0.1, -0.05) is 11.6 Å². The second kappa shape index (κ2) is 7.24. The van der Waals surface area contributed by atoms with Crippen molar-refractivity contribution in [1.82, 2.24) is 0 Å². The Balaban J connectivity index is 1.45.